The number of amides is 1. The Morgan fingerprint density at radius 1 is 1.04 bits per heavy atom. The average Bonchev–Trinajstić information content (AvgIpc) is 2.68. The molecule has 0 aromatic heterocycles. The van der Waals surface area contributed by atoms with E-state index in [9.17, 15) is 22.4 Å². The summed E-state index contributed by atoms with van der Waals surface area (Å²) in [6.45, 7) is 3.76. The number of hydrogen-bond acceptors (Lipinski definition) is 4. The highest BCUT2D eigenvalue weighted by Gasteiger charge is 2.27. The molecule has 5 nitrogen and oxygen atoms in total. The van der Waals surface area contributed by atoms with Crippen LogP contribution >= 0.6 is 0 Å². The number of ether oxygens (including phenoxy) is 2. The highest BCUT2D eigenvalue weighted by Crippen LogP contribution is 2.31. The van der Waals surface area contributed by atoms with E-state index in [1.807, 2.05) is 6.92 Å². The molecule has 150 valence electrons. The molecule has 0 spiro atoms. The van der Waals surface area contributed by atoms with Crippen LogP contribution in [0.2, 0.25) is 0 Å². The standard InChI is InChI=1S/C19H17F4NO4/c1-3-8-26-19(25)24-28-10-13-14(20)16(22)18(17(23)15(13)21)27-9-12-6-4-11(2)5-7-12/h3-7H,1,8-10H2,2H3,(H,24,25). The van der Waals surface area contributed by atoms with Gasteiger partial charge in [0, 0.05) is 0 Å². The summed E-state index contributed by atoms with van der Waals surface area (Å²) in [5.74, 6) is -7.99. The minimum atomic E-state index is -1.71. The first-order valence-electron chi connectivity index (χ1n) is 8.03. The maximum Gasteiger partial charge on any atom is 0.431 e. The zero-order valence-electron chi connectivity index (χ0n) is 14.9. The normalized spacial score (nSPS) is 10.5. The number of aryl methyl sites for hydroxylation is 1. The average molecular weight is 399 g/mol. The molecule has 9 heteroatoms. The largest absolute Gasteiger partial charge is 0.483 e. The Balaban J connectivity index is 2.10. The fraction of sp³-hybridized carbons (Fsp3) is 0.211. The molecule has 0 saturated carbocycles. The van der Waals surface area contributed by atoms with Gasteiger partial charge in [0.15, 0.2) is 17.4 Å². The molecule has 0 bridgehead atoms. The topological polar surface area (TPSA) is 56.8 Å². The number of halogens is 4. The predicted octanol–water partition coefficient (Wildman–Crippen LogP) is 4.47. The number of benzene rings is 2. The second kappa shape index (κ2) is 9.75. The van der Waals surface area contributed by atoms with Gasteiger partial charge in [0.2, 0.25) is 11.6 Å². The van der Waals surface area contributed by atoms with E-state index >= 15 is 0 Å². The van der Waals surface area contributed by atoms with E-state index < -0.39 is 47.3 Å². The molecule has 2 aromatic carbocycles. The van der Waals surface area contributed by atoms with Gasteiger partial charge in [-0.2, -0.15) is 14.3 Å². The van der Waals surface area contributed by atoms with Crippen LogP contribution in [0.5, 0.6) is 5.75 Å². The first-order valence-corrected chi connectivity index (χ1v) is 8.03. The summed E-state index contributed by atoms with van der Waals surface area (Å²) in [6.07, 6.45) is 0.207. The van der Waals surface area contributed by atoms with Crippen LogP contribution in [0.3, 0.4) is 0 Å². The molecule has 0 saturated heterocycles. The minimum Gasteiger partial charge on any atom is -0.483 e. The molecule has 1 amide bonds. The number of hydrogen-bond donors (Lipinski definition) is 1. The summed E-state index contributed by atoms with van der Waals surface area (Å²) in [5, 5.41) is 0. The molecule has 28 heavy (non-hydrogen) atoms. The Hall–Kier alpha value is -3.07. The van der Waals surface area contributed by atoms with E-state index in [1.54, 1.807) is 29.7 Å². The summed E-state index contributed by atoms with van der Waals surface area (Å²) in [6, 6.07) is 6.80. The number of hydroxylamine groups is 1. The van der Waals surface area contributed by atoms with E-state index in [4.69, 9.17) is 4.74 Å². The number of rotatable bonds is 8. The van der Waals surface area contributed by atoms with Crippen molar-refractivity contribution in [2.45, 2.75) is 20.1 Å². The molecule has 0 heterocycles. The fourth-order valence-corrected chi connectivity index (χ4v) is 2.08. The Bertz CT molecular complexity index is 827. The zero-order valence-corrected chi connectivity index (χ0v) is 14.9. The van der Waals surface area contributed by atoms with Crippen molar-refractivity contribution in [3.05, 3.63) is 76.9 Å². The Kier molecular flexibility index (Phi) is 7.39. The van der Waals surface area contributed by atoms with E-state index in [2.05, 4.69) is 16.2 Å². The van der Waals surface area contributed by atoms with Crippen LogP contribution in [-0.2, 0) is 22.8 Å². The van der Waals surface area contributed by atoms with Crippen molar-refractivity contribution in [3.8, 4) is 5.75 Å². The van der Waals surface area contributed by atoms with E-state index in [0.29, 0.717) is 5.56 Å². The van der Waals surface area contributed by atoms with Crippen LogP contribution < -0.4 is 10.2 Å². The van der Waals surface area contributed by atoms with Crippen molar-refractivity contribution in [1.29, 1.82) is 0 Å². The number of carbonyl (C=O) groups excluding carboxylic acids is 1. The molecule has 1 N–H and O–H groups in total. The molecular weight excluding hydrogens is 382 g/mol. The lowest BCUT2D eigenvalue weighted by molar-refractivity contribution is 0.0185. The summed E-state index contributed by atoms with van der Waals surface area (Å²) in [7, 11) is 0. The van der Waals surface area contributed by atoms with Crippen molar-refractivity contribution < 1.29 is 36.7 Å². The monoisotopic (exact) mass is 399 g/mol. The SMILES string of the molecule is C=CCOC(=O)NOCc1c(F)c(F)c(OCc2ccc(C)cc2)c(F)c1F. The van der Waals surface area contributed by atoms with Crippen molar-refractivity contribution in [3.63, 3.8) is 0 Å². The van der Waals surface area contributed by atoms with Crippen LogP contribution in [-0.4, -0.2) is 12.7 Å². The third-order valence-electron chi connectivity index (χ3n) is 3.52. The highest BCUT2D eigenvalue weighted by molar-refractivity contribution is 5.65. The van der Waals surface area contributed by atoms with Crippen molar-refractivity contribution in [2.75, 3.05) is 6.61 Å². The number of carbonyl (C=O) groups is 1. The number of nitrogens with one attached hydrogen (secondary N) is 1. The maximum absolute atomic E-state index is 14.1. The molecule has 0 radical (unpaired) electrons. The lowest BCUT2D eigenvalue weighted by Gasteiger charge is -2.13. The lowest BCUT2D eigenvalue weighted by atomic mass is 10.1. The van der Waals surface area contributed by atoms with E-state index in [0.717, 1.165) is 5.56 Å². The van der Waals surface area contributed by atoms with Gasteiger partial charge in [0.1, 0.15) is 19.8 Å². The van der Waals surface area contributed by atoms with Gasteiger partial charge in [0.25, 0.3) is 0 Å². The van der Waals surface area contributed by atoms with Crippen molar-refractivity contribution >= 4 is 6.09 Å². The van der Waals surface area contributed by atoms with E-state index in [-0.39, 0.29) is 13.2 Å². The van der Waals surface area contributed by atoms with Crippen molar-refractivity contribution in [2.24, 2.45) is 0 Å². The van der Waals surface area contributed by atoms with Gasteiger partial charge in [-0.25, -0.2) is 13.6 Å². The van der Waals surface area contributed by atoms with Gasteiger partial charge < -0.3 is 9.47 Å². The summed E-state index contributed by atoms with van der Waals surface area (Å²) >= 11 is 0. The molecule has 2 rings (SSSR count). The lowest BCUT2D eigenvalue weighted by Crippen LogP contribution is -2.25. The molecular formula is C19H17F4NO4. The molecule has 0 aliphatic rings. The summed E-state index contributed by atoms with van der Waals surface area (Å²) in [4.78, 5) is 15.6. The third kappa shape index (κ3) is 5.23. The van der Waals surface area contributed by atoms with Crippen LogP contribution in [0, 0.1) is 30.2 Å². The predicted molar refractivity (Wildman–Crippen MR) is 91.3 cm³/mol. The molecule has 0 fully saturated rings. The van der Waals surface area contributed by atoms with Crippen LogP contribution in [0.15, 0.2) is 36.9 Å². The molecule has 0 unspecified atom stereocenters. The van der Waals surface area contributed by atoms with Crippen LogP contribution in [0.25, 0.3) is 0 Å². The van der Waals surface area contributed by atoms with Crippen LogP contribution in [0.1, 0.15) is 16.7 Å². The molecule has 0 atom stereocenters. The van der Waals surface area contributed by atoms with Crippen LogP contribution in [0.4, 0.5) is 22.4 Å². The van der Waals surface area contributed by atoms with E-state index in [1.165, 1.54) is 6.08 Å². The molecule has 0 aliphatic heterocycles. The summed E-state index contributed by atoms with van der Waals surface area (Å²) < 4.78 is 65.9. The van der Waals surface area contributed by atoms with Gasteiger partial charge in [-0.15, -0.1) is 0 Å². The van der Waals surface area contributed by atoms with Gasteiger partial charge in [-0.3, -0.25) is 4.84 Å². The second-order valence-electron chi connectivity index (χ2n) is 5.62. The first kappa shape index (κ1) is 21.2. The van der Waals surface area contributed by atoms with Gasteiger partial charge >= 0.3 is 6.09 Å². The summed E-state index contributed by atoms with van der Waals surface area (Å²) in [5.41, 5.74) is 2.17. The Morgan fingerprint density at radius 3 is 2.21 bits per heavy atom. The minimum absolute atomic E-state index is 0.131. The Morgan fingerprint density at radius 2 is 1.64 bits per heavy atom. The molecule has 0 aliphatic carbocycles. The fourth-order valence-electron chi connectivity index (χ4n) is 2.08. The van der Waals surface area contributed by atoms with Gasteiger partial charge in [-0.05, 0) is 12.5 Å². The highest BCUT2D eigenvalue weighted by atomic mass is 19.2. The van der Waals surface area contributed by atoms with Gasteiger partial charge in [-0.1, -0.05) is 42.5 Å². The third-order valence-corrected chi connectivity index (χ3v) is 3.52. The second-order valence-corrected chi connectivity index (χ2v) is 5.62. The maximum atomic E-state index is 14.1. The molecule has 2 aromatic rings. The van der Waals surface area contributed by atoms with Gasteiger partial charge in [0.05, 0.1) is 5.56 Å². The van der Waals surface area contributed by atoms with Crippen molar-refractivity contribution in [1.82, 2.24) is 5.48 Å². The Labute approximate surface area is 158 Å². The zero-order chi connectivity index (χ0) is 20.7. The first-order chi connectivity index (χ1) is 13.3. The smallest absolute Gasteiger partial charge is 0.431 e. The quantitative estimate of drug-likeness (QED) is 0.308.